The van der Waals surface area contributed by atoms with Crippen LogP contribution in [0.2, 0.25) is 0 Å². The average molecular weight is 303 g/mol. The van der Waals surface area contributed by atoms with Crippen molar-refractivity contribution in [2.24, 2.45) is 0 Å². The summed E-state index contributed by atoms with van der Waals surface area (Å²) in [4.78, 5) is 2.83. The molecule has 0 bridgehead atoms. The maximum absolute atomic E-state index is 13.5. The maximum Gasteiger partial charge on any atom is 0.247 e. The number of hydrogen-bond acceptors (Lipinski definition) is 4. The van der Waals surface area contributed by atoms with Crippen LogP contribution in [0.5, 0.6) is 5.75 Å². The van der Waals surface area contributed by atoms with E-state index in [4.69, 9.17) is 17.0 Å². The van der Waals surface area contributed by atoms with Crippen LogP contribution in [0, 0.1) is 10.6 Å². The molecule has 1 atom stereocenters. The van der Waals surface area contributed by atoms with E-state index in [0.717, 1.165) is 0 Å². The Balaban J connectivity index is 1.74. The highest BCUT2D eigenvalue weighted by atomic mass is 32.2. The van der Waals surface area contributed by atoms with E-state index >= 15 is 0 Å². The average Bonchev–Trinajstić information content (AvgIpc) is 2.78. The van der Waals surface area contributed by atoms with Crippen molar-refractivity contribution < 1.29 is 13.5 Å². The first kappa shape index (κ1) is 14.0. The van der Waals surface area contributed by atoms with E-state index in [0.29, 0.717) is 22.1 Å². The van der Waals surface area contributed by atoms with E-state index in [-0.39, 0.29) is 11.6 Å². The first-order valence-corrected chi connectivity index (χ1v) is 6.97. The van der Waals surface area contributed by atoms with Crippen LogP contribution in [0.4, 0.5) is 8.78 Å². The number of H-pyrrole nitrogens is 2. The molecule has 1 heterocycles. The lowest BCUT2D eigenvalue weighted by Crippen LogP contribution is -2.13. The highest BCUT2D eigenvalue weighted by Gasteiger charge is 2.09. The second kappa shape index (κ2) is 6.67. The van der Waals surface area contributed by atoms with Crippen molar-refractivity contribution >= 4 is 24.0 Å². The van der Waals surface area contributed by atoms with Crippen LogP contribution in [0.1, 0.15) is 5.82 Å². The highest BCUT2D eigenvalue weighted by molar-refractivity contribution is 7.98. The lowest BCUT2D eigenvalue weighted by atomic mass is 10.3. The fourth-order valence-corrected chi connectivity index (χ4v) is 2.18. The summed E-state index contributed by atoms with van der Waals surface area (Å²) in [6.45, 7) is 0. The molecule has 0 aliphatic rings. The van der Waals surface area contributed by atoms with Crippen LogP contribution in [-0.4, -0.2) is 27.3 Å². The molecule has 0 radical (unpaired) electrons. The number of rotatable bonds is 6. The first-order valence-electron chi connectivity index (χ1n) is 5.41. The van der Waals surface area contributed by atoms with Crippen LogP contribution < -0.4 is 4.74 Å². The minimum atomic E-state index is -1.46. The van der Waals surface area contributed by atoms with Gasteiger partial charge >= 0.3 is 0 Å². The topological polar surface area (TPSA) is 53.7 Å². The Morgan fingerprint density at radius 1 is 1.37 bits per heavy atom. The van der Waals surface area contributed by atoms with Gasteiger partial charge in [-0.05, 0) is 36.5 Å². The van der Waals surface area contributed by atoms with Crippen molar-refractivity contribution in [2.45, 2.75) is 12.1 Å². The Kier molecular flexibility index (Phi) is 4.92. The van der Waals surface area contributed by atoms with Crippen LogP contribution in [0.15, 0.2) is 24.3 Å². The van der Waals surface area contributed by atoms with Crippen molar-refractivity contribution in [2.75, 3.05) is 5.75 Å². The number of aromatic nitrogens is 3. The van der Waals surface area contributed by atoms with Crippen molar-refractivity contribution in [1.82, 2.24) is 15.2 Å². The van der Waals surface area contributed by atoms with E-state index in [1.807, 2.05) is 0 Å². The fraction of sp³-hybridized carbons (Fsp3) is 0.273. The number of nitrogens with zero attached hydrogens (tertiary/aromatic N) is 1. The maximum atomic E-state index is 13.5. The summed E-state index contributed by atoms with van der Waals surface area (Å²) in [7, 11) is 0. The van der Waals surface area contributed by atoms with Gasteiger partial charge in [-0.1, -0.05) is 0 Å². The van der Waals surface area contributed by atoms with E-state index in [9.17, 15) is 8.78 Å². The molecule has 1 aromatic heterocycles. The fourth-order valence-electron chi connectivity index (χ4n) is 1.32. The normalized spacial score (nSPS) is 12.3. The molecule has 0 amide bonds. The second-order valence-corrected chi connectivity index (χ2v) is 5.06. The molecule has 0 saturated heterocycles. The SMILES string of the molecule is Fc1ccc(OC(F)CSCc2n[nH]c(=S)[nH]2)cc1. The van der Waals surface area contributed by atoms with Gasteiger partial charge in [0.2, 0.25) is 6.36 Å². The predicted octanol–water partition coefficient (Wildman–Crippen LogP) is 3.21. The number of ether oxygens (including phenoxy) is 1. The number of alkyl halides is 1. The molecule has 1 aromatic carbocycles. The summed E-state index contributed by atoms with van der Waals surface area (Å²) in [5.74, 6) is 1.22. The molecule has 0 aliphatic heterocycles. The first-order chi connectivity index (χ1) is 9.13. The zero-order valence-electron chi connectivity index (χ0n) is 9.73. The van der Waals surface area contributed by atoms with E-state index in [1.54, 1.807) is 0 Å². The number of benzene rings is 1. The quantitative estimate of drug-likeness (QED) is 0.805. The minimum absolute atomic E-state index is 0.144. The van der Waals surface area contributed by atoms with Crippen molar-refractivity contribution in [1.29, 1.82) is 0 Å². The molecule has 1 unspecified atom stereocenters. The molecular weight excluding hydrogens is 292 g/mol. The molecular formula is C11H11F2N3OS2. The number of halogens is 2. The highest BCUT2D eigenvalue weighted by Crippen LogP contribution is 2.17. The third kappa shape index (κ3) is 4.64. The smallest absolute Gasteiger partial charge is 0.247 e. The molecule has 0 fully saturated rings. The van der Waals surface area contributed by atoms with Gasteiger partial charge in [0.15, 0.2) is 4.77 Å². The number of nitrogens with one attached hydrogen (secondary N) is 2. The molecule has 8 heteroatoms. The van der Waals surface area contributed by atoms with Crippen LogP contribution in [0.25, 0.3) is 0 Å². The Morgan fingerprint density at radius 3 is 2.74 bits per heavy atom. The number of hydrogen-bond donors (Lipinski definition) is 2. The number of thioether (sulfide) groups is 1. The molecule has 2 aromatic rings. The van der Waals surface area contributed by atoms with Gasteiger partial charge in [0.05, 0.1) is 11.5 Å². The number of aromatic amines is 2. The van der Waals surface area contributed by atoms with Gasteiger partial charge in [-0.25, -0.2) is 8.78 Å². The van der Waals surface area contributed by atoms with Gasteiger partial charge < -0.3 is 9.72 Å². The minimum Gasteiger partial charge on any atom is -0.460 e. The molecule has 0 aliphatic carbocycles. The Hall–Kier alpha value is -1.41. The lowest BCUT2D eigenvalue weighted by molar-refractivity contribution is 0.0905. The lowest BCUT2D eigenvalue weighted by Gasteiger charge is -2.10. The third-order valence-electron chi connectivity index (χ3n) is 2.12. The molecule has 102 valence electrons. The van der Waals surface area contributed by atoms with E-state index in [2.05, 4.69) is 15.2 Å². The van der Waals surface area contributed by atoms with Crippen molar-refractivity contribution in [3.8, 4) is 5.75 Å². The summed E-state index contributed by atoms with van der Waals surface area (Å²) < 4.78 is 31.6. The third-order valence-corrected chi connectivity index (χ3v) is 3.28. The van der Waals surface area contributed by atoms with Crippen LogP contribution >= 0.6 is 24.0 Å². The summed E-state index contributed by atoms with van der Waals surface area (Å²) in [5, 5.41) is 6.48. The van der Waals surface area contributed by atoms with Gasteiger partial charge in [0, 0.05) is 0 Å². The standard InChI is InChI=1S/C11H11F2N3OS2/c12-7-1-3-8(4-2-7)17-9(13)5-19-6-10-14-11(18)16-15-10/h1-4,9H,5-6H2,(H2,14,15,16,18). The zero-order chi connectivity index (χ0) is 13.7. The summed E-state index contributed by atoms with van der Waals surface area (Å²) >= 11 is 6.14. The summed E-state index contributed by atoms with van der Waals surface area (Å²) in [6, 6.07) is 5.22. The predicted molar refractivity (Wildman–Crippen MR) is 71.9 cm³/mol. The van der Waals surface area contributed by atoms with Gasteiger partial charge in [-0.15, -0.1) is 11.8 Å². The molecule has 0 saturated carbocycles. The van der Waals surface area contributed by atoms with Crippen LogP contribution in [-0.2, 0) is 5.75 Å². The van der Waals surface area contributed by atoms with E-state index < -0.39 is 6.36 Å². The Bertz CT molecular complexity index is 570. The zero-order valence-corrected chi connectivity index (χ0v) is 11.4. The largest absolute Gasteiger partial charge is 0.460 e. The van der Waals surface area contributed by atoms with Crippen molar-refractivity contribution in [3.63, 3.8) is 0 Å². The summed E-state index contributed by atoms with van der Waals surface area (Å²) in [5.41, 5.74) is 0. The van der Waals surface area contributed by atoms with E-state index in [1.165, 1.54) is 36.0 Å². The van der Waals surface area contributed by atoms with Crippen molar-refractivity contribution in [3.05, 3.63) is 40.7 Å². The van der Waals surface area contributed by atoms with Gasteiger partial charge in [0.25, 0.3) is 0 Å². The van der Waals surface area contributed by atoms with Gasteiger partial charge in [-0.3, -0.25) is 5.10 Å². The molecule has 4 nitrogen and oxygen atoms in total. The van der Waals surface area contributed by atoms with Gasteiger partial charge in [-0.2, -0.15) is 5.10 Å². The van der Waals surface area contributed by atoms with Gasteiger partial charge in [0.1, 0.15) is 17.4 Å². The summed E-state index contributed by atoms with van der Waals surface area (Å²) in [6.07, 6.45) is -1.46. The second-order valence-electron chi connectivity index (χ2n) is 3.62. The Labute approximate surface area is 117 Å². The van der Waals surface area contributed by atoms with Crippen LogP contribution in [0.3, 0.4) is 0 Å². The molecule has 19 heavy (non-hydrogen) atoms. The molecule has 2 N–H and O–H groups in total. The Morgan fingerprint density at radius 2 is 2.11 bits per heavy atom. The molecule has 2 rings (SSSR count). The monoisotopic (exact) mass is 303 g/mol. The molecule has 0 spiro atoms.